The van der Waals surface area contributed by atoms with E-state index < -0.39 is 0 Å². The molecular weight excluding hydrogens is 266 g/mol. The van der Waals surface area contributed by atoms with Crippen LogP contribution in [0.2, 0.25) is 0 Å². The van der Waals surface area contributed by atoms with Gasteiger partial charge < -0.3 is 4.74 Å². The highest BCUT2D eigenvalue weighted by atomic mass is 32.1. The number of hydrogen-bond acceptors (Lipinski definition) is 4. The van der Waals surface area contributed by atoms with Crippen LogP contribution in [0.1, 0.15) is 12.8 Å². The molecule has 0 saturated carbocycles. The van der Waals surface area contributed by atoms with Crippen molar-refractivity contribution in [1.82, 2.24) is 14.8 Å². The summed E-state index contributed by atoms with van der Waals surface area (Å²) in [6, 6.07) is 4.11. The van der Waals surface area contributed by atoms with Crippen LogP contribution in [0.25, 0.3) is 10.7 Å². The van der Waals surface area contributed by atoms with Crippen LogP contribution in [0.4, 0.5) is 0 Å². The number of ether oxygens (including phenoxy) is 1. The molecular formula is C12H15N3OS2. The van der Waals surface area contributed by atoms with E-state index in [1.807, 2.05) is 6.07 Å². The molecule has 1 fully saturated rings. The summed E-state index contributed by atoms with van der Waals surface area (Å²) in [7, 11) is 0. The topological polar surface area (TPSA) is 42.8 Å². The second kappa shape index (κ2) is 5.34. The van der Waals surface area contributed by atoms with Crippen molar-refractivity contribution in [2.45, 2.75) is 19.4 Å². The Hall–Kier alpha value is -0.980. The van der Waals surface area contributed by atoms with E-state index in [0.717, 1.165) is 36.9 Å². The Kier molecular flexibility index (Phi) is 3.58. The molecule has 4 nitrogen and oxygen atoms in total. The molecule has 1 aliphatic rings. The molecule has 0 bridgehead atoms. The molecule has 3 heterocycles. The number of nitrogens with one attached hydrogen (secondary N) is 1. The predicted octanol–water partition coefficient (Wildman–Crippen LogP) is 3.10. The largest absolute Gasteiger partial charge is 0.381 e. The molecule has 1 atom stereocenters. The summed E-state index contributed by atoms with van der Waals surface area (Å²) >= 11 is 6.99. The lowest BCUT2D eigenvalue weighted by Crippen LogP contribution is -2.07. The van der Waals surface area contributed by atoms with Crippen molar-refractivity contribution in [3.8, 4) is 10.7 Å². The summed E-state index contributed by atoms with van der Waals surface area (Å²) in [5, 5.41) is 9.28. The summed E-state index contributed by atoms with van der Waals surface area (Å²) < 4.78 is 8.21. The Morgan fingerprint density at radius 2 is 2.56 bits per heavy atom. The highest BCUT2D eigenvalue weighted by Gasteiger charge is 2.17. The van der Waals surface area contributed by atoms with Gasteiger partial charge >= 0.3 is 0 Å². The Morgan fingerprint density at radius 1 is 1.61 bits per heavy atom. The van der Waals surface area contributed by atoms with Crippen molar-refractivity contribution in [2.75, 3.05) is 13.2 Å². The van der Waals surface area contributed by atoms with Gasteiger partial charge in [0.05, 0.1) is 4.88 Å². The first-order valence-corrected chi connectivity index (χ1v) is 7.40. The van der Waals surface area contributed by atoms with E-state index in [4.69, 9.17) is 17.0 Å². The Bertz CT molecular complexity index is 552. The Morgan fingerprint density at radius 3 is 3.28 bits per heavy atom. The SMILES string of the molecule is S=c1[nH]nc(-c2cccs2)n1CCC1CCOC1. The maximum atomic E-state index is 5.40. The third-order valence-corrected chi connectivity index (χ3v) is 4.46. The maximum Gasteiger partial charge on any atom is 0.195 e. The lowest BCUT2D eigenvalue weighted by atomic mass is 10.1. The second-order valence-electron chi connectivity index (χ2n) is 4.50. The molecule has 1 aliphatic heterocycles. The van der Waals surface area contributed by atoms with Crippen molar-refractivity contribution in [3.05, 3.63) is 22.3 Å². The molecule has 1 N–H and O–H groups in total. The van der Waals surface area contributed by atoms with Crippen LogP contribution in [0.5, 0.6) is 0 Å². The van der Waals surface area contributed by atoms with Gasteiger partial charge in [0, 0.05) is 19.8 Å². The summed E-state index contributed by atoms with van der Waals surface area (Å²) in [5.74, 6) is 1.62. The quantitative estimate of drug-likeness (QED) is 0.876. The van der Waals surface area contributed by atoms with Crippen LogP contribution in [0, 0.1) is 10.7 Å². The van der Waals surface area contributed by atoms with Crippen LogP contribution in [0.15, 0.2) is 17.5 Å². The standard InChI is InChI=1S/C12H15N3OS2/c17-12-14-13-11(10-2-1-7-18-10)15(12)5-3-9-4-6-16-8-9/h1-2,7,9H,3-6,8H2,(H,14,17). The molecule has 0 aliphatic carbocycles. The van der Waals surface area contributed by atoms with Crippen molar-refractivity contribution in [2.24, 2.45) is 5.92 Å². The lowest BCUT2D eigenvalue weighted by molar-refractivity contribution is 0.183. The summed E-state index contributed by atoms with van der Waals surface area (Å²) in [5.41, 5.74) is 0. The minimum absolute atomic E-state index is 0.665. The fourth-order valence-corrected chi connectivity index (χ4v) is 3.19. The van der Waals surface area contributed by atoms with E-state index in [1.165, 1.54) is 6.42 Å². The van der Waals surface area contributed by atoms with Gasteiger partial charge in [-0.3, -0.25) is 9.67 Å². The van der Waals surface area contributed by atoms with Crippen LogP contribution in [-0.2, 0) is 11.3 Å². The van der Waals surface area contributed by atoms with Gasteiger partial charge in [0.1, 0.15) is 0 Å². The van der Waals surface area contributed by atoms with Gasteiger partial charge in [0.15, 0.2) is 10.6 Å². The van der Waals surface area contributed by atoms with Gasteiger partial charge in [-0.15, -0.1) is 11.3 Å². The van der Waals surface area contributed by atoms with E-state index in [-0.39, 0.29) is 0 Å². The minimum Gasteiger partial charge on any atom is -0.381 e. The average molecular weight is 281 g/mol. The summed E-state index contributed by atoms with van der Waals surface area (Å²) in [6.45, 7) is 2.70. The van der Waals surface area contributed by atoms with Crippen LogP contribution in [0.3, 0.4) is 0 Å². The van der Waals surface area contributed by atoms with Crippen molar-refractivity contribution < 1.29 is 4.74 Å². The Labute approximate surface area is 115 Å². The van der Waals surface area contributed by atoms with E-state index in [9.17, 15) is 0 Å². The van der Waals surface area contributed by atoms with Crippen molar-refractivity contribution in [3.63, 3.8) is 0 Å². The van der Waals surface area contributed by atoms with Crippen LogP contribution < -0.4 is 0 Å². The van der Waals surface area contributed by atoms with Crippen molar-refractivity contribution in [1.29, 1.82) is 0 Å². The zero-order valence-electron chi connectivity index (χ0n) is 9.96. The molecule has 0 spiro atoms. The van der Waals surface area contributed by atoms with E-state index in [2.05, 4.69) is 26.2 Å². The third-order valence-electron chi connectivity index (χ3n) is 3.28. The van der Waals surface area contributed by atoms with Gasteiger partial charge in [-0.25, -0.2) is 0 Å². The van der Waals surface area contributed by atoms with Gasteiger partial charge in [-0.1, -0.05) is 6.07 Å². The Balaban J connectivity index is 1.78. The molecule has 2 aromatic heterocycles. The second-order valence-corrected chi connectivity index (χ2v) is 5.83. The normalized spacial score (nSPS) is 19.4. The number of H-pyrrole nitrogens is 1. The first kappa shape index (κ1) is 12.1. The highest BCUT2D eigenvalue weighted by molar-refractivity contribution is 7.71. The molecule has 0 amide bonds. The minimum atomic E-state index is 0.665. The van der Waals surface area contributed by atoms with Gasteiger partial charge in [0.25, 0.3) is 0 Å². The molecule has 0 radical (unpaired) electrons. The lowest BCUT2D eigenvalue weighted by Gasteiger charge is -2.09. The van der Waals surface area contributed by atoms with Gasteiger partial charge in [0.2, 0.25) is 0 Å². The first-order valence-electron chi connectivity index (χ1n) is 6.11. The highest BCUT2D eigenvalue weighted by Crippen LogP contribution is 2.24. The van der Waals surface area contributed by atoms with E-state index in [1.54, 1.807) is 11.3 Å². The number of aromatic nitrogens is 3. The number of thiophene rings is 1. The summed E-state index contributed by atoms with van der Waals surface area (Å²) in [4.78, 5) is 1.16. The zero-order valence-corrected chi connectivity index (χ0v) is 11.6. The molecule has 3 rings (SSSR count). The summed E-state index contributed by atoms with van der Waals surface area (Å²) in [6.07, 6.45) is 2.27. The molecule has 1 saturated heterocycles. The molecule has 1 unspecified atom stereocenters. The van der Waals surface area contributed by atoms with Gasteiger partial charge in [-0.05, 0) is 42.4 Å². The molecule has 96 valence electrons. The number of rotatable bonds is 4. The molecule has 18 heavy (non-hydrogen) atoms. The number of aromatic amines is 1. The number of hydrogen-bond donors (Lipinski definition) is 1. The molecule has 2 aromatic rings. The van der Waals surface area contributed by atoms with E-state index in [0.29, 0.717) is 10.7 Å². The molecule has 0 aromatic carbocycles. The van der Waals surface area contributed by atoms with Crippen molar-refractivity contribution >= 4 is 23.6 Å². The molecule has 6 heteroatoms. The fraction of sp³-hybridized carbons (Fsp3) is 0.500. The predicted molar refractivity (Wildman–Crippen MR) is 74.3 cm³/mol. The van der Waals surface area contributed by atoms with Crippen LogP contribution in [-0.4, -0.2) is 28.0 Å². The van der Waals surface area contributed by atoms with Gasteiger partial charge in [-0.2, -0.15) is 5.10 Å². The fourth-order valence-electron chi connectivity index (χ4n) is 2.24. The zero-order chi connectivity index (χ0) is 12.4. The average Bonchev–Trinajstić information content (AvgIpc) is 3.08. The smallest absolute Gasteiger partial charge is 0.195 e. The first-order chi connectivity index (χ1) is 8.84. The third kappa shape index (κ3) is 2.41. The van der Waals surface area contributed by atoms with E-state index >= 15 is 0 Å². The monoisotopic (exact) mass is 281 g/mol. The maximum absolute atomic E-state index is 5.40. The van der Waals surface area contributed by atoms with Crippen LogP contribution >= 0.6 is 23.6 Å². The number of nitrogens with zero attached hydrogens (tertiary/aromatic N) is 2.